The quantitative estimate of drug-likeness (QED) is 0.410. The van der Waals surface area contributed by atoms with Crippen LogP contribution in [0.5, 0.6) is 0 Å². The molecule has 2 atom stereocenters. The first-order chi connectivity index (χ1) is 14.0. The summed E-state index contributed by atoms with van der Waals surface area (Å²) in [7, 11) is 0. The molecule has 2 N–H and O–H groups in total. The van der Waals surface area contributed by atoms with Gasteiger partial charge in [-0.25, -0.2) is 4.39 Å². The lowest BCUT2D eigenvalue weighted by Crippen LogP contribution is -2.09. The maximum absolute atomic E-state index is 13.9. The van der Waals surface area contributed by atoms with E-state index in [0.29, 0.717) is 19.3 Å². The van der Waals surface area contributed by atoms with Crippen molar-refractivity contribution in [2.45, 2.75) is 18.8 Å². The van der Waals surface area contributed by atoms with Gasteiger partial charge in [-0.05, 0) is 59.7 Å². The molecule has 0 radical (unpaired) electrons. The average Bonchev–Trinajstić information content (AvgIpc) is 2.71. The van der Waals surface area contributed by atoms with Crippen LogP contribution in [0.2, 0.25) is 0 Å². The smallest absolute Gasteiger partial charge is 0.211 e. The van der Waals surface area contributed by atoms with Gasteiger partial charge < -0.3 is 14.6 Å². The Morgan fingerprint density at radius 2 is 1.69 bits per heavy atom. The van der Waals surface area contributed by atoms with Crippen LogP contribution in [0, 0.1) is 5.82 Å². The van der Waals surface area contributed by atoms with E-state index in [9.17, 15) is 17.9 Å². The first kappa shape index (κ1) is 20.7. The van der Waals surface area contributed by atoms with Gasteiger partial charge in [0.05, 0.1) is 5.69 Å². The van der Waals surface area contributed by atoms with E-state index < -0.39 is 17.1 Å². The Hall–Kier alpha value is -3.03. The van der Waals surface area contributed by atoms with E-state index in [-0.39, 0.29) is 11.6 Å². The van der Waals surface area contributed by atoms with Crippen LogP contribution in [0.3, 0.4) is 0 Å². The molecule has 0 aliphatic carbocycles. The van der Waals surface area contributed by atoms with Gasteiger partial charge in [0.2, 0.25) is 6.41 Å². The minimum atomic E-state index is -2.60. The topological polar surface area (TPSA) is 81.3 Å². The summed E-state index contributed by atoms with van der Waals surface area (Å²) < 4.78 is 37.8. The number of nitrogens with one attached hydrogen (secondary N) is 2. The van der Waals surface area contributed by atoms with E-state index >= 15 is 0 Å². The highest BCUT2D eigenvalue weighted by Crippen LogP contribution is 2.28. The zero-order valence-corrected chi connectivity index (χ0v) is 16.3. The Morgan fingerprint density at radius 3 is 2.38 bits per heavy atom. The molecule has 0 fully saturated rings. The molecule has 0 spiro atoms. The van der Waals surface area contributed by atoms with Crippen LogP contribution in [0.1, 0.15) is 22.6 Å². The number of amides is 1. The van der Waals surface area contributed by atoms with Gasteiger partial charge in [0.25, 0.3) is 0 Å². The summed E-state index contributed by atoms with van der Waals surface area (Å²) in [4.78, 5) is 10.7. The Kier molecular flexibility index (Phi) is 7.10. The molecular formula is C22H20FN2O3S-. The molecule has 0 heterocycles. The lowest BCUT2D eigenvalue weighted by atomic mass is 9.86. The molecular weight excluding hydrogens is 391 g/mol. The molecule has 0 bridgehead atoms. The average molecular weight is 411 g/mol. The minimum absolute atomic E-state index is 0.0696. The summed E-state index contributed by atoms with van der Waals surface area (Å²) in [6, 6.07) is 22.0. The molecule has 1 amide bonds. The third kappa shape index (κ3) is 5.97. The molecule has 3 rings (SSSR count). The summed E-state index contributed by atoms with van der Waals surface area (Å²) in [6.07, 6.45) is 1.93. The van der Waals surface area contributed by atoms with Crippen LogP contribution >= 0.6 is 0 Å². The number of carbonyl (C=O) groups excluding carboxylic acids is 1. The van der Waals surface area contributed by atoms with Crippen LogP contribution in [-0.4, -0.2) is 15.2 Å². The molecule has 5 nitrogen and oxygen atoms in total. The van der Waals surface area contributed by atoms with Crippen LogP contribution < -0.4 is 10.0 Å². The molecule has 2 unspecified atom stereocenters. The van der Waals surface area contributed by atoms with Crippen LogP contribution in [0.4, 0.5) is 15.8 Å². The van der Waals surface area contributed by atoms with Crippen molar-refractivity contribution in [3.8, 4) is 0 Å². The number of hydrogen-bond acceptors (Lipinski definition) is 3. The van der Waals surface area contributed by atoms with E-state index in [1.807, 2.05) is 54.6 Å². The third-order valence-corrected chi connectivity index (χ3v) is 5.00. The number of hydrogen-bond donors (Lipinski definition) is 2. The van der Waals surface area contributed by atoms with Gasteiger partial charge >= 0.3 is 0 Å². The van der Waals surface area contributed by atoms with Crippen molar-refractivity contribution >= 4 is 29.1 Å². The molecule has 0 saturated carbocycles. The SMILES string of the molecule is O=CNc1cccc(CC(Cc2ccc(F)c(NS(=O)[O-])c2)c2ccccc2)c1. The standard InChI is InChI=1S/C22H21FN2O3S/c23-21-10-9-17(14-22(21)25-29(27)28)12-19(18-6-2-1-3-7-18)11-16-5-4-8-20(13-16)24-15-26/h1-10,13-15,19,25H,11-12H2,(H,24,26)(H,27,28)/p-1. The first-order valence-corrected chi connectivity index (χ1v) is 10.1. The highest BCUT2D eigenvalue weighted by molar-refractivity contribution is 7.80. The lowest BCUT2D eigenvalue weighted by Gasteiger charge is -2.19. The molecule has 0 aromatic heterocycles. The predicted molar refractivity (Wildman–Crippen MR) is 112 cm³/mol. The van der Waals surface area contributed by atoms with Gasteiger partial charge in [0.1, 0.15) is 5.82 Å². The second kappa shape index (κ2) is 9.95. The Balaban J connectivity index is 1.88. The maximum atomic E-state index is 13.9. The van der Waals surface area contributed by atoms with Crippen LogP contribution in [0.25, 0.3) is 0 Å². The molecule has 0 aliphatic rings. The number of rotatable bonds is 9. The largest absolute Gasteiger partial charge is 0.755 e. The number of halogens is 1. The number of anilines is 2. The third-order valence-electron chi connectivity index (χ3n) is 4.61. The van der Waals surface area contributed by atoms with E-state index in [4.69, 9.17) is 0 Å². The summed E-state index contributed by atoms with van der Waals surface area (Å²) >= 11 is -2.60. The van der Waals surface area contributed by atoms with Crippen LogP contribution in [-0.2, 0) is 28.9 Å². The highest BCUT2D eigenvalue weighted by Gasteiger charge is 2.15. The fourth-order valence-corrected chi connectivity index (χ4v) is 3.66. The Bertz CT molecular complexity index is 998. The molecule has 0 aliphatic heterocycles. The zero-order chi connectivity index (χ0) is 20.6. The van der Waals surface area contributed by atoms with Gasteiger partial charge in [0.15, 0.2) is 0 Å². The predicted octanol–water partition coefficient (Wildman–Crippen LogP) is 4.17. The molecule has 3 aromatic rings. The van der Waals surface area contributed by atoms with Crippen molar-refractivity contribution in [3.63, 3.8) is 0 Å². The second-order valence-corrected chi connectivity index (χ2v) is 7.30. The van der Waals surface area contributed by atoms with E-state index in [1.165, 1.54) is 12.1 Å². The molecule has 150 valence electrons. The van der Waals surface area contributed by atoms with Crippen molar-refractivity contribution in [1.82, 2.24) is 0 Å². The summed E-state index contributed by atoms with van der Waals surface area (Å²) in [6.45, 7) is 0. The van der Waals surface area contributed by atoms with Crippen molar-refractivity contribution in [3.05, 3.63) is 95.3 Å². The van der Waals surface area contributed by atoms with Gasteiger partial charge in [-0.3, -0.25) is 9.00 Å². The Morgan fingerprint density at radius 1 is 0.966 bits per heavy atom. The van der Waals surface area contributed by atoms with Gasteiger partial charge in [0, 0.05) is 17.0 Å². The number of carbonyl (C=O) groups is 1. The van der Waals surface area contributed by atoms with Gasteiger partial charge in [-0.1, -0.05) is 48.5 Å². The second-order valence-electron chi connectivity index (χ2n) is 6.63. The number of benzene rings is 3. The van der Waals surface area contributed by atoms with Crippen molar-refractivity contribution in [1.29, 1.82) is 0 Å². The van der Waals surface area contributed by atoms with E-state index in [0.717, 1.165) is 22.4 Å². The highest BCUT2D eigenvalue weighted by atomic mass is 32.2. The lowest BCUT2D eigenvalue weighted by molar-refractivity contribution is -0.105. The van der Waals surface area contributed by atoms with E-state index in [1.54, 1.807) is 6.07 Å². The maximum Gasteiger partial charge on any atom is 0.211 e. The van der Waals surface area contributed by atoms with Crippen molar-refractivity contribution < 1.29 is 17.9 Å². The zero-order valence-electron chi connectivity index (χ0n) is 15.5. The molecule has 7 heteroatoms. The first-order valence-electron chi connectivity index (χ1n) is 9.03. The van der Waals surface area contributed by atoms with E-state index in [2.05, 4.69) is 10.0 Å². The minimum Gasteiger partial charge on any atom is -0.755 e. The normalized spacial score (nSPS) is 12.8. The Labute approximate surface area is 171 Å². The van der Waals surface area contributed by atoms with Crippen molar-refractivity contribution in [2.24, 2.45) is 0 Å². The van der Waals surface area contributed by atoms with Gasteiger partial charge in [-0.15, -0.1) is 0 Å². The summed E-state index contributed by atoms with van der Waals surface area (Å²) in [5.41, 5.74) is 3.63. The van der Waals surface area contributed by atoms with Gasteiger partial charge in [-0.2, -0.15) is 0 Å². The monoisotopic (exact) mass is 411 g/mol. The van der Waals surface area contributed by atoms with Crippen LogP contribution in [0.15, 0.2) is 72.8 Å². The summed E-state index contributed by atoms with van der Waals surface area (Å²) in [5, 5.41) is 2.65. The molecule has 0 saturated heterocycles. The summed E-state index contributed by atoms with van der Waals surface area (Å²) in [5.74, 6) is -0.541. The fraction of sp³-hybridized carbons (Fsp3) is 0.136. The molecule has 3 aromatic carbocycles. The van der Waals surface area contributed by atoms with Crippen molar-refractivity contribution in [2.75, 3.05) is 10.0 Å². The fourth-order valence-electron chi connectivity index (χ4n) is 3.33. The molecule has 29 heavy (non-hydrogen) atoms.